The highest BCUT2D eigenvalue weighted by Crippen LogP contribution is 2.37. The maximum atomic E-state index is 11.7. The predicted octanol–water partition coefficient (Wildman–Crippen LogP) is 3.55. The van der Waals surface area contributed by atoms with Gasteiger partial charge in [0, 0.05) is 29.6 Å². The van der Waals surface area contributed by atoms with Crippen LogP contribution in [0.4, 0.5) is 34.4 Å². The quantitative estimate of drug-likeness (QED) is 0.455. The number of non-ortho nitro benzene ring substituents is 1. The summed E-state index contributed by atoms with van der Waals surface area (Å²) in [5.41, 5.74) is 0.198. The summed E-state index contributed by atoms with van der Waals surface area (Å²) in [5.74, 6) is 0.921. The summed E-state index contributed by atoms with van der Waals surface area (Å²) in [4.78, 5) is 29.4. The van der Waals surface area contributed by atoms with Gasteiger partial charge < -0.3 is 20.1 Å². The Morgan fingerprint density at radius 2 is 1.50 bits per heavy atom. The fraction of sp³-hybridized carbons (Fsp3) is 0.111. The Bertz CT molecular complexity index is 1140. The standard InChI is InChI=1S/C18H14N6O6/c25-23(26)13-3-1-2-11(8-13)21-17-16(24(27)28)18(20-10-19-17)22-12-4-5-14-15(9-12)30-7-6-29-14/h1-5,8-10H,6-7H2,(H2,19,20,21,22). The van der Waals surface area contributed by atoms with Crippen molar-refractivity contribution in [3.05, 3.63) is 69.0 Å². The Hall–Kier alpha value is -4.48. The molecule has 12 heteroatoms. The maximum absolute atomic E-state index is 11.7. The molecule has 4 rings (SSSR count). The number of nitrogens with one attached hydrogen (secondary N) is 2. The van der Waals surface area contributed by atoms with Crippen LogP contribution < -0.4 is 20.1 Å². The van der Waals surface area contributed by atoms with Crippen LogP contribution in [0, 0.1) is 20.2 Å². The summed E-state index contributed by atoms with van der Waals surface area (Å²) in [6.45, 7) is 0.852. The summed E-state index contributed by atoms with van der Waals surface area (Å²) < 4.78 is 11.0. The van der Waals surface area contributed by atoms with E-state index in [0.717, 1.165) is 6.33 Å². The molecule has 1 aromatic heterocycles. The average Bonchev–Trinajstić information content (AvgIpc) is 2.74. The third-order valence-corrected chi connectivity index (χ3v) is 4.13. The minimum Gasteiger partial charge on any atom is -0.486 e. The number of aromatic nitrogens is 2. The Labute approximate surface area is 168 Å². The number of hydrogen-bond donors (Lipinski definition) is 2. The first kappa shape index (κ1) is 18.9. The summed E-state index contributed by atoms with van der Waals surface area (Å²) >= 11 is 0. The third kappa shape index (κ3) is 3.87. The molecule has 2 aromatic carbocycles. The zero-order valence-corrected chi connectivity index (χ0v) is 15.3. The van der Waals surface area contributed by atoms with Crippen LogP contribution in [-0.2, 0) is 0 Å². The van der Waals surface area contributed by atoms with Crippen LogP contribution in [0.2, 0.25) is 0 Å². The molecule has 0 amide bonds. The molecule has 0 saturated carbocycles. The van der Waals surface area contributed by atoms with Gasteiger partial charge in [-0.1, -0.05) is 6.07 Å². The summed E-state index contributed by atoms with van der Waals surface area (Å²) in [6, 6.07) is 10.6. The smallest absolute Gasteiger partial charge is 0.353 e. The zero-order chi connectivity index (χ0) is 21.1. The Morgan fingerprint density at radius 1 is 0.833 bits per heavy atom. The van der Waals surface area contributed by atoms with E-state index in [4.69, 9.17) is 9.47 Å². The lowest BCUT2D eigenvalue weighted by Crippen LogP contribution is -2.15. The van der Waals surface area contributed by atoms with Crippen molar-refractivity contribution < 1.29 is 19.3 Å². The molecule has 0 spiro atoms. The van der Waals surface area contributed by atoms with E-state index in [1.54, 1.807) is 18.2 Å². The van der Waals surface area contributed by atoms with Crippen molar-refractivity contribution in [1.82, 2.24) is 9.97 Å². The minimum absolute atomic E-state index is 0.0559. The lowest BCUT2D eigenvalue weighted by atomic mass is 10.2. The molecule has 0 radical (unpaired) electrons. The molecular weight excluding hydrogens is 396 g/mol. The van der Waals surface area contributed by atoms with Crippen LogP contribution in [0.1, 0.15) is 0 Å². The molecule has 2 N–H and O–H groups in total. The molecule has 3 aromatic rings. The van der Waals surface area contributed by atoms with E-state index in [9.17, 15) is 20.2 Å². The van der Waals surface area contributed by atoms with Gasteiger partial charge in [-0.05, 0) is 18.2 Å². The molecule has 0 atom stereocenters. The Kier molecular flexibility index (Phi) is 4.95. The molecule has 0 aliphatic carbocycles. The molecule has 30 heavy (non-hydrogen) atoms. The van der Waals surface area contributed by atoms with Gasteiger partial charge in [-0.15, -0.1) is 0 Å². The third-order valence-electron chi connectivity index (χ3n) is 4.13. The van der Waals surface area contributed by atoms with Crippen LogP contribution in [-0.4, -0.2) is 33.0 Å². The second-order valence-corrected chi connectivity index (χ2v) is 6.09. The SMILES string of the molecule is O=[N+]([O-])c1cccc(Nc2ncnc(Nc3ccc4c(c3)OCCO4)c2[N+](=O)[O-])c1. The highest BCUT2D eigenvalue weighted by molar-refractivity contribution is 5.77. The van der Waals surface area contributed by atoms with Crippen LogP contribution in [0.3, 0.4) is 0 Å². The van der Waals surface area contributed by atoms with Crippen molar-refractivity contribution in [3.63, 3.8) is 0 Å². The summed E-state index contributed by atoms with van der Waals surface area (Å²) in [6.07, 6.45) is 1.15. The van der Waals surface area contributed by atoms with E-state index >= 15 is 0 Å². The topological polar surface area (TPSA) is 155 Å². The number of fused-ring (bicyclic) bond motifs is 1. The summed E-state index contributed by atoms with van der Waals surface area (Å²) in [5, 5.41) is 28.3. The number of hydrogen-bond acceptors (Lipinski definition) is 10. The van der Waals surface area contributed by atoms with E-state index in [-0.39, 0.29) is 23.0 Å². The number of nitrogens with zero attached hydrogens (tertiary/aromatic N) is 4. The minimum atomic E-state index is -0.639. The van der Waals surface area contributed by atoms with Gasteiger partial charge >= 0.3 is 5.69 Å². The van der Waals surface area contributed by atoms with Crippen LogP contribution in [0.25, 0.3) is 0 Å². The van der Waals surface area contributed by atoms with E-state index in [0.29, 0.717) is 30.4 Å². The fourth-order valence-corrected chi connectivity index (χ4v) is 2.83. The van der Waals surface area contributed by atoms with Gasteiger partial charge in [0.25, 0.3) is 5.69 Å². The molecule has 0 saturated heterocycles. The van der Waals surface area contributed by atoms with Gasteiger partial charge in [-0.3, -0.25) is 20.2 Å². The fourth-order valence-electron chi connectivity index (χ4n) is 2.83. The Morgan fingerprint density at radius 3 is 2.17 bits per heavy atom. The second kappa shape index (κ2) is 7.87. The van der Waals surface area contributed by atoms with E-state index in [1.165, 1.54) is 24.3 Å². The van der Waals surface area contributed by atoms with Gasteiger partial charge in [-0.2, -0.15) is 0 Å². The van der Waals surface area contributed by atoms with Crippen molar-refractivity contribution in [2.45, 2.75) is 0 Å². The van der Waals surface area contributed by atoms with Crippen molar-refractivity contribution in [2.24, 2.45) is 0 Å². The van der Waals surface area contributed by atoms with Crippen LogP contribution in [0.15, 0.2) is 48.8 Å². The molecule has 0 bridgehead atoms. The predicted molar refractivity (Wildman–Crippen MR) is 106 cm³/mol. The maximum Gasteiger partial charge on any atom is 0.353 e. The molecular formula is C18H14N6O6. The molecule has 152 valence electrons. The van der Waals surface area contributed by atoms with Crippen LogP contribution in [0.5, 0.6) is 11.5 Å². The number of ether oxygens (including phenoxy) is 2. The second-order valence-electron chi connectivity index (χ2n) is 6.09. The Balaban J connectivity index is 1.66. The first-order valence-corrected chi connectivity index (χ1v) is 8.69. The van der Waals surface area contributed by atoms with Crippen molar-refractivity contribution in [3.8, 4) is 11.5 Å². The van der Waals surface area contributed by atoms with E-state index in [1.807, 2.05) is 0 Å². The molecule has 12 nitrogen and oxygen atoms in total. The first-order chi connectivity index (χ1) is 14.5. The lowest BCUT2D eigenvalue weighted by Gasteiger charge is -2.19. The number of benzene rings is 2. The van der Waals surface area contributed by atoms with E-state index < -0.39 is 15.5 Å². The molecule has 2 heterocycles. The summed E-state index contributed by atoms with van der Waals surface area (Å²) in [7, 11) is 0. The molecule has 0 unspecified atom stereocenters. The lowest BCUT2D eigenvalue weighted by molar-refractivity contribution is -0.384. The van der Waals surface area contributed by atoms with Crippen LogP contribution >= 0.6 is 0 Å². The monoisotopic (exact) mass is 410 g/mol. The van der Waals surface area contributed by atoms with Gasteiger partial charge in [0.2, 0.25) is 11.6 Å². The highest BCUT2D eigenvalue weighted by atomic mass is 16.6. The molecule has 0 fully saturated rings. The van der Waals surface area contributed by atoms with E-state index in [2.05, 4.69) is 20.6 Å². The van der Waals surface area contributed by atoms with Gasteiger partial charge in [-0.25, -0.2) is 9.97 Å². The van der Waals surface area contributed by atoms with Crippen molar-refractivity contribution >= 4 is 34.4 Å². The van der Waals surface area contributed by atoms with Gasteiger partial charge in [0.05, 0.1) is 9.85 Å². The largest absolute Gasteiger partial charge is 0.486 e. The number of rotatable bonds is 6. The van der Waals surface area contributed by atoms with Crippen molar-refractivity contribution in [1.29, 1.82) is 0 Å². The number of nitro groups is 2. The number of anilines is 4. The molecule has 1 aliphatic heterocycles. The number of nitro benzene ring substituents is 1. The van der Waals surface area contributed by atoms with Gasteiger partial charge in [0.15, 0.2) is 11.5 Å². The van der Waals surface area contributed by atoms with Gasteiger partial charge in [0.1, 0.15) is 19.5 Å². The van der Waals surface area contributed by atoms with Crippen molar-refractivity contribution in [2.75, 3.05) is 23.8 Å². The first-order valence-electron chi connectivity index (χ1n) is 8.69. The molecule has 1 aliphatic rings. The zero-order valence-electron chi connectivity index (χ0n) is 15.3. The normalized spacial score (nSPS) is 12.1. The highest BCUT2D eigenvalue weighted by Gasteiger charge is 2.24. The average molecular weight is 410 g/mol.